The molecule has 2 N–H and O–H groups in total. The summed E-state index contributed by atoms with van der Waals surface area (Å²) in [4.78, 5) is 4.17. The number of nitrogens with zero attached hydrogens (tertiary/aromatic N) is 1. The molecule has 0 radical (unpaired) electrons. The lowest BCUT2D eigenvalue weighted by atomic mass is 10.2. The molecule has 0 aromatic heterocycles. The Labute approximate surface area is 136 Å². The van der Waals surface area contributed by atoms with E-state index in [1.165, 1.54) is 0 Å². The first-order chi connectivity index (χ1) is 10.4. The molecule has 0 aliphatic carbocycles. The predicted octanol–water partition coefficient (Wildman–Crippen LogP) is 1.91. The van der Waals surface area contributed by atoms with Crippen LogP contribution in [0.1, 0.15) is 26.3 Å². The van der Waals surface area contributed by atoms with Gasteiger partial charge >= 0.3 is 0 Å². The van der Waals surface area contributed by atoms with E-state index in [2.05, 4.69) is 15.6 Å². The van der Waals surface area contributed by atoms with Crippen molar-refractivity contribution in [2.45, 2.75) is 32.1 Å². The fourth-order valence-electron chi connectivity index (χ4n) is 1.72. The number of nitrogens with one attached hydrogen (secondary N) is 2. The van der Waals surface area contributed by atoms with E-state index in [1.807, 2.05) is 45.0 Å². The monoisotopic (exact) mass is 325 g/mol. The summed E-state index contributed by atoms with van der Waals surface area (Å²) in [5.74, 6) is 2.16. The number of methoxy groups -OCH3 is 1. The smallest absolute Gasteiger partial charge is 0.191 e. The van der Waals surface area contributed by atoms with E-state index in [9.17, 15) is 4.21 Å². The number of rotatable bonds is 6. The van der Waals surface area contributed by atoms with E-state index < -0.39 is 10.8 Å². The van der Waals surface area contributed by atoms with Crippen LogP contribution in [-0.2, 0) is 17.3 Å². The van der Waals surface area contributed by atoms with Gasteiger partial charge in [-0.1, -0.05) is 12.1 Å². The van der Waals surface area contributed by atoms with Gasteiger partial charge in [0.05, 0.1) is 7.11 Å². The van der Waals surface area contributed by atoms with Crippen LogP contribution in [0, 0.1) is 0 Å². The Balaban J connectivity index is 2.38. The Morgan fingerprint density at radius 1 is 1.23 bits per heavy atom. The van der Waals surface area contributed by atoms with Gasteiger partial charge in [0, 0.05) is 41.4 Å². The summed E-state index contributed by atoms with van der Waals surface area (Å²) in [5, 5.41) is 6.42. The highest BCUT2D eigenvalue weighted by molar-refractivity contribution is 7.86. The fourth-order valence-corrected chi connectivity index (χ4v) is 2.62. The van der Waals surface area contributed by atoms with Crippen LogP contribution >= 0.6 is 0 Å². The second kappa shape index (κ2) is 8.78. The highest BCUT2D eigenvalue weighted by Gasteiger charge is 2.18. The van der Waals surface area contributed by atoms with Crippen LogP contribution in [0.3, 0.4) is 0 Å². The lowest BCUT2D eigenvalue weighted by Gasteiger charge is -2.18. The Morgan fingerprint density at radius 3 is 2.36 bits per heavy atom. The molecule has 0 saturated carbocycles. The maximum absolute atomic E-state index is 12.0. The van der Waals surface area contributed by atoms with E-state index in [1.54, 1.807) is 14.2 Å². The molecule has 0 fully saturated rings. The van der Waals surface area contributed by atoms with Crippen molar-refractivity contribution >= 4 is 16.8 Å². The van der Waals surface area contributed by atoms with Gasteiger partial charge in [0.15, 0.2) is 5.96 Å². The Hall–Kier alpha value is -1.56. The van der Waals surface area contributed by atoms with E-state index in [-0.39, 0.29) is 4.75 Å². The summed E-state index contributed by atoms with van der Waals surface area (Å²) < 4.78 is 16.9. The molecular weight excluding hydrogens is 298 g/mol. The third-order valence-electron chi connectivity index (χ3n) is 3.11. The highest BCUT2D eigenvalue weighted by atomic mass is 32.2. The number of aliphatic imine (C=N–C) groups is 1. The van der Waals surface area contributed by atoms with Gasteiger partial charge in [-0.15, -0.1) is 0 Å². The zero-order chi connectivity index (χ0) is 16.6. The SMILES string of the molecule is CN=C(NCCS(=O)C(C)(C)C)NCc1ccc(OC)cc1. The van der Waals surface area contributed by atoms with Gasteiger partial charge < -0.3 is 15.4 Å². The molecule has 0 heterocycles. The molecular formula is C16H27N3O2S. The van der Waals surface area contributed by atoms with Crippen LogP contribution in [0.15, 0.2) is 29.3 Å². The first-order valence-corrected chi connectivity index (χ1v) is 8.64. The van der Waals surface area contributed by atoms with Gasteiger partial charge in [0.25, 0.3) is 0 Å². The topological polar surface area (TPSA) is 62.7 Å². The quantitative estimate of drug-likeness (QED) is 0.619. The summed E-state index contributed by atoms with van der Waals surface area (Å²) in [5.41, 5.74) is 1.14. The molecule has 1 aromatic carbocycles. The Bertz CT molecular complexity index is 507. The van der Waals surface area contributed by atoms with Crippen molar-refractivity contribution in [1.82, 2.24) is 10.6 Å². The summed E-state index contributed by atoms with van der Waals surface area (Å²) in [7, 11) is 2.52. The maximum atomic E-state index is 12.0. The van der Waals surface area contributed by atoms with Crippen molar-refractivity contribution in [3.05, 3.63) is 29.8 Å². The molecule has 0 aliphatic heterocycles. The average Bonchev–Trinajstić information content (AvgIpc) is 2.50. The van der Waals surface area contributed by atoms with Crippen LogP contribution < -0.4 is 15.4 Å². The third-order valence-corrected chi connectivity index (χ3v) is 5.05. The van der Waals surface area contributed by atoms with Crippen LogP contribution in [0.5, 0.6) is 5.75 Å². The molecule has 5 nitrogen and oxygen atoms in total. The van der Waals surface area contributed by atoms with Gasteiger partial charge in [0.2, 0.25) is 0 Å². The van der Waals surface area contributed by atoms with Gasteiger partial charge in [-0.2, -0.15) is 0 Å². The summed E-state index contributed by atoms with van der Waals surface area (Å²) in [6.07, 6.45) is 0. The van der Waals surface area contributed by atoms with E-state index in [0.29, 0.717) is 24.8 Å². The van der Waals surface area contributed by atoms with Crippen LogP contribution in [0.25, 0.3) is 0 Å². The molecule has 22 heavy (non-hydrogen) atoms. The largest absolute Gasteiger partial charge is 0.497 e. The van der Waals surface area contributed by atoms with Crippen molar-refractivity contribution in [1.29, 1.82) is 0 Å². The Kier molecular flexibility index (Phi) is 7.38. The van der Waals surface area contributed by atoms with Crippen LogP contribution in [-0.4, -0.2) is 41.4 Å². The van der Waals surface area contributed by atoms with Crippen molar-refractivity contribution < 1.29 is 8.95 Å². The van der Waals surface area contributed by atoms with Gasteiger partial charge in [-0.3, -0.25) is 9.20 Å². The molecule has 0 bridgehead atoms. The van der Waals surface area contributed by atoms with E-state index in [4.69, 9.17) is 4.74 Å². The minimum absolute atomic E-state index is 0.179. The minimum atomic E-state index is -0.859. The zero-order valence-corrected chi connectivity index (χ0v) is 14.9. The standard InChI is InChI=1S/C16H27N3O2S/c1-16(2,3)22(20)11-10-18-15(17-4)19-12-13-6-8-14(21-5)9-7-13/h6-9H,10-12H2,1-5H3,(H2,17,18,19). The fraction of sp³-hybridized carbons (Fsp3) is 0.562. The predicted molar refractivity (Wildman–Crippen MR) is 94.0 cm³/mol. The lowest BCUT2D eigenvalue weighted by molar-refractivity contribution is 0.414. The van der Waals surface area contributed by atoms with E-state index >= 15 is 0 Å². The first-order valence-electron chi connectivity index (χ1n) is 7.32. The second-order valence-electron chi connectivity index (χ2n) is 5.86. The number of ether oxygens (including phenoxy) is 1. The zero-order valence-electron chi connectivity index (χ0n) is 14.1. The molecule has 0 aliphatic rings. The molecule has 0 saturated heterocycles. The molecule has 0 spiro atoms. The van der Waals surface area contributed by atoms with Crippen molar-refractivity contribution in [3.8, 4) is 5.75 Å². The summed E-state index contributed by atoms with van der Waals surface area (Å²) in [6.45, 7) is 7.26. The van der Waals surface area contributed by atoms with Gasteiger partial charge in [-0.25, -0.2) is 0 Å². The second-order valence-corrected chi connectivity index (χ2v) is 8.19. The third kappa shape index (κ3) is 6.47. The maximum Gasteiger partial charge on any atom is 0.191 e. The Morgan fingerprint density at radius 2 is 1.86 bits per heavy atom. The molecule has 1 aromatic rings. The van der Waals surface area contributed by atoms with Crippen molar-refractivity contribution in [2.75, 3.05) is 26.5 Å². The van der Waals surface area contributed by atoms with Crippen LogP contribution in [0.2, 0.25) is 0 Å². The lowest BCUT2D eigenvalue weighted by Crippen LogP contribution is -2.40. The molecule has 1 unspecified atom stereocenters. The number of guanidine groups is 1. The number of hydrogen-bond donors (Lipinski definition) is 2. The average molecular weight is 325 g/mol. The molecule has 6 heteroatoms. The minimum Gasteiger partial charge on any atom is -0.497 e. The highest BCUT2D eigenvalue weighted by Crippen LogP contribution is 2.11. The summed E-state index contributed by atoms with van der Waals surface area (Å²) >= 11 is 0. The number of hydrogen-bond acceptors (Lipinski definition) is 3. The van der Waals surface area contributed by atoms with E-state index in [0.717, 1.165) is 11.3 Å². The summed E-state index contributed by atoms with van der Waals surface area (Å²) in [6, 6.07) is 7.88. The molecule has 1 rings (SSSR count). The van der Waals surface area contributed by atoms with Crippen molar-refractivity contribution in [2.24, 2.45) is 4.99 Å². The van der Waals surface area contributed by atoms with Crippen molar-refractivity contribution in [3.63, 3.8) is 0 Å². The van der Waals surface area contributed by atoms with Crippen LogP contribution in [0.4, 0.5) is 0 Å². The first kappa shape index (κ1) is 18.5. The number of benzene rings is 1. The van der Waals surface area contributed by atoms with Gasteiger partial charge in [0.1, 0.15) is 5.75 Å². The molecule has 1 atom stereocenters. The molecule has 0 amide bonds. The molecule has 124 valence electrons. The normalized spacial score (nSPS) is 13.6. The van der Waals surface area contributed by atoms with Gasteiger partial charge in [-0.05, 0) is 38.5 Å².